The van der Waals surface area contributed by atoms with Crippen molar-refractivity contribution in [1.82, 2.24) is 9.80 Å². The van der Waals surface area contributed by atoms with Crippen molar-refractivity contribution in [3.05, 3.63) is 58.7 Å². The van der Waals surface area contributed by atoms with E-state index in [1.807, 2.05) is 0 Å². The van der Waals surface area contributed by atoms with Crippen molar-refractivity contribution >= 4 is 23.2 Å². The van der Waals surface area contributed by atoms with Gasteiger partial charge in [-0.2, -0.15) is 13.2 Å². The summed E-state index contributed by atoms with van der Waals surface area (Å²) in [4.78, 5) is 29.0. The number of amides is 2. The van der Waals surface area contributed by atoms with Crippen molar-refractivity contribution in [3.63, 3.8) is 0 Å². The van der Waals surface area contributed by atoms with Gasteiger partial charge in [-0.25, -0.2) is 0 Å². The highest BCUT2D eigenvalue weighted by Gasteiger charge is 2.41. The van der Waals surface area contributed by atoms with Gasteiger partial charge >= 0.3 is 6.18 Å². The number of ether oxygens (including phenoxy) is 1. The third-order valence-corrected chi connectivity index (χ3v) is 5.72. The van der Waals surface area contributed by atoms with Crippen LogP contribution in [0.5, 0.6) is 0 Å². The quantitative estimate of drug-likeness (QED) is 0.688. The van der Waals surface area contributed by atoms with Crippen LogP contribution < -0.4 is 11.5 Å². The number of nitrogen functional groups attached to an aromatic ring is 2. The smallest absolute Gasteiger partial charge is 0.399 e. The number of nitrogens with zero attached hydrogens (tertiary/aromatic N) is 2. The van der Waals surface area contributed by atoms with E-state index in [2.05, 4.69) is 0 Å². The first-order valence-electron chi connectivity index (χ1n) is 10.1. The maximum atomic E-state index is 13.4. The summed E-state index contributed by atoms with van der Waals surface area (Å²) in [5, 5.41) is 0. The number of aryl methyl sites for hydroxylation is 1. The molecular formula is C22H23F3N4O3. The van der Waals surface area contributed by atoms with Crippen LogP contribution in [0.4, 0.5) is 24.5 Å². The molecule has 0 aromatic heterocycles. The van der Waals surface area contributed by atoms with Gasteiger partial charge in [0.25, 0.3) is 11.8 Å². The Bertz CT molecular complexity index is 1060. The first kappa shape index (κ1) is 21.9. The average molecular weight is 448 g/mol. The molecule has 0 radical (unpaired) electrons. The maximum Gasteiger partial charge on any atom is 0.417 e. The van der Waals surface area contributed by atoms with E-state index in [1.165, 1.54) is 11.0 Å². The Morgan fingerprint density at radius 3 is 1.84 bits per heavy atom. The predicted octanol–water partition coefficient (Wildman–Crippen LogP) is 2.54. The number of nitrogens with two attached hydrogens (primary N) is 2. The maximum absolute atomic E-state index is 13.4. The number of hydrogen-bond donors (Lipinski definition) is 2. The summed E-state index contributed by atoms with van der Waals surface area (Å²) in [7, 11) is 0. The highest BCUT2D eigenvalue weighted by Crippen LogP contribution is 2.34. The van der Waals surface area contributed by atoms with E-state index in [4.69, 9.17) is 16.2 Å². The molecular weight excluding hydrogens is 425 g/mol. The second kappa shape index (κ2) is 8.01. The lowest BCUT2D eigenvalue weighted by molar-refractivity contribution is -0.138. The van der Waals surface area contributed by atoms with E-state index in [9.17, 15) is 22.8 Å². The molecule has 2 aromatic carbocycles. The van der Waals surface area contributed by atoms with Crippen LogP contribution in [0.3, 0.4) is 0 Å². The summed E-state index contributed by atoms with van der Waals surface area (Å²) < 4.78 is 46.2. The Balaban J connectivity index is 1.51. The fourth-order valence-corrected chi connectivity index (χ4v) is 4.27. The number of fused-ring (bicyclic) bond motifs is 2. The Labute approximate surface area is 182 Å². The topological polar surface area (TPSA) is 102 Å². The monoisotopic (exact) mass is 448 g/mol. The number of carbonyl (C=O) groups is 2. The van der Waals surface area contributed by atoms with Crippen LogP contribution in [0.15, 0.2) is 36.4 Å². The molecule has 32 heavy (non-hydrogen) atoms. The van der Waals surface area contributed by atoms with Crippen LogP contribution in [0, 0.1) is 6.92 Å². The molecule has 4 N–H and O–H groups in total. The first-order valence-corrected chi connectivity index (χ1v) is 10.1. The molecule has 2 aliphatic rings. The first-order chi connectivity index (χ1) is 15.0. The lowest BCUT2D eigenvalue weighted by Crippen LogP contribution is -2.61. The van der Waals surface area contributed by atoms with Gasteiger partial charge in [-0.1, -0.05) is 0 Å². The fourth-order valence-electron chi connectivity index (χ4n) is 4.27. The Kier molecular flexibility index (Phi) is 5.49. The van der Waals surface area contributed by atoms with E-state index < -0.39 is 35.4 Å². The zero-order valence-electron chi connectivity index (χ0n) is 17.4. The van der Waals surface area contributed by atoms with Crippen LogP contribution in [-0.2, 0) is 10.9 Å². The van der Waals surface area contributed by atoms with Crippen LogP contribution in [0.1, 0.15) is 31.8 Å². The molecule has 2 aromatic rings. The molecule has 2 atom stereocenters. The molecule has 2 bridgehead atoms. The van der Waals surface area contributed by atoms with Crippen molar-refractivity contribution < 1.29 is 27.5 Å². The summed E-state index contributed by atoms with van der Waals surface area (Å²) in [6.07, 6.45) is -5.69. The SMILES string of the molecule is Cc1cc(N)ccc1C(=O)N1C[C@@H]2CN(C(=O)c3ccc(N)cc3C(F)(F)F)C[C@H](C1)O2. The highest BCUT2D eigenvalue weighted by atomic mass is 19.4. The van der Waals surface area contributed by atoms with Gasteiger partial charge in [-0.15, -0.1) is 0 Å². The van der Waals surface area contributed by atoms with Gasteiger partial charge in [-0.3, -0.25) is 9.59 Å². The lowest BCUT2D eigenvalue weighted by atomic mass is 10.0. The number of benzene rings is 2. The molecule has 4 rings (SSSR count). The number of carbonyl (C=O) groups excluding carboxylic acids is 2. The normalized spacial score (nSPS) is 20.9. The molecule has 170 valence electrons. The third-order valence-electron chi connectivity index (χ3n) is 5.72. The minimum atomic E-state index is -4.71. The zero-order valence-corrected chi connectivity index (χ0v) is 17.4. The number of morpholine rings is 2. The molecule has 0 saturated carbocycles. The summed E-state index contributed by atoms with van der Waals surface area (Å²) in [5.41, 5.74) is 11.5. The minimum absolute atomic E-state index is 0.0696. The molecule has 10 heteroatoms. The molecule has 0 aliphatic carbocycles. The van der Waals surface area contributed by atoms with E-state index in [0.717, 1.165) is 17.7 Å². The van der Waals surface area contributed by atoms with Gasteiger partial charge in [0.1, 0.15) is 0 Å². The van der Waals surface area contributed by atoms with Gasteiger partial charge in [0.15, 0.2) is 0 Å². The molecule has 7 nitrogen and oxygen atoms in total. The summed E-state index contributed by atoms with van der Waals surface area (Å²) in [5.74, 6) is -0.900. The highest BCUT2D eigenvalue weighted by molar-refractivity contribution is 5.97. The van der Waals surface area contributed by atoms with Crippen molar-refractivity contribution in [2.45, 2.75) is 25.3 Å². The third kappa shape index (κ3) is 4.22. The van der Waals surface area contributed by atoms with E-state index in [1.54, 1.807) is 30.0 Å². The van der Waals surface area contributed by atoms with E-state index >= 15 is 0 Å². The summed E-state index contributed by atoms with van der Waals surface area (Å²) in [6.45, 7) is 2.44. The molecule has 2 aliphatic heterocycles. The fraction of sp³-hybridized carbons (Fsp3) is 0.364. The van der Waals surface area contributed by atoms with Gasteiger partial charge in [0.2, 0.25) is 0 Å². The van der Waals surface area contributed by atoms with Crippen LogP contribution >= 0.6 is 0 Å². The van der Waals surface area contributed by atoms with Gasteiger partial charge < -0.3 is 26.0 Å². The average Bonchev–Trinajstić information content (AvgIpc) is 2.71. The molecule has 2 saturated heterocycles. The Hall–Kier alpha value is -3.27. The molecule has 2 heterocycles. The summed E-state index contributed by atoms with van der Waals surface area (Å²) >= 11 is 0. The number of halogens is 3. The van der Waals surface area contributed by atoms with Crippen molar-refractivity contribution in [2.75, 3.05) is 37.6 Å². The van der Waals surface area contributed by atoms with Crippen molar-refractivity contribution in [2.24, 2.45) is 0 Å². The van der Waals surface area contributed by atoms with Gasteiger partial charge in [0, 0.05) is 43.1 Å². The van der Waals surface area contributed by atoms with Crippen LogP contribution in [0.25, 0.3) is 0 Å². The minimum Gasteiger partial charge on any atom is -0.399 e. The van der Waals surface area contributed by atoms with Crippen molar-refractivity contribution in [3.8, 4) is 0 Å². The number of alkyl halides is 3. The zero-order chi connectivity index (χ0) is 23.2. The van der Waals surface area contributed by atoms with Crippen molar-refractivity contribution in [1.29, 1.82) is 0 Å². The number of hydrogen-bond acceptors (Lipinski definition) is 5. The van der Waals surface area contributed by atoms with E-state index in [-0.39, 0.29) is 37.8 Å². The van der Waals surface area contributed by atoms with Gasteiger partial charge in [0.05, 0.1) is 23.3 Å². The largest absolute Gasteiger partial charge is 0.417 e. The Morgan fingerprint density at radius 2 is 1.34 bits per heavy atom. The lowest BCUT2D eigenvalue weighted by Gasteiger charge is -2.46. The standard InChI is InChI=1S/C22H23F3N4O3/c1-12-6-13(26)2-4-17(12)20(30)28-8-15-10-29(11-16(9-28)32-15)21(31)18-5-3-14(27)7-19(18)22(23,24)25/h2-7,15-16H,8-11,26-27H2,1H3/t15-,16+. The summed E-state index contributed by atoms with van der Waals surface area (Å²) in [6, 6.07) is 8.20. The molecule has 2 amide bonds. The molecule has 0 unspecified atom stereocenters. The second-order valence-corrected chi connectivity index (χ2v) is 8.18. The Morgan fingerprint density at radius 1 is 0.875 bits per heavy atom. The number of anilines is 2. The van der Waals surface area contributed by atoms with Crippen LogP contribution in [0.2, 0.25) is 0 Å². The van der Waals surface area contributed by atoms with Crippen LogP contribution in [-0.4, -0.2) is 60.0 Å². The van der Waals surface area contributed by atoms with Gasteiger partial charge in [-0.05, 0) is 48.9 Å². The predicted molar refractivity (Wildman–Crippen MR) is 112 cm³/mol. The molecule has 2 fully saturated rings. The second-order valence-electron chi connectivity index (χ2n) is 8.18. The number of rotatable bonds is 2. The van der Waals surface area contributed by atoms with E-state index in [0.29, 0.717) is 11.3 Å². The molecule has 0 spiro atoms.